The van der Waals surface area contributed by atoms with Gasteiger partial charge in [0.1, 0.15) is 6.54 Å². The number of likely N-dealkylation sites (N-methyl/N-ethyl adjacent to an activating group) is 1. The van der Waals surface area contributed by atoms with Crippen LogP contribution in [0.15, 0.2) is 12.1 Å². The highest BCUT2D eigenvalue weighted by Crippen LogP contribution is 2.30. The van der Waals surface area contributed by atoms with Crippen molar-refractivity contribution in [1.82, 2.24) is 5.32 Å². The van der Waals surface area contributed by atoms with E-state index in [9.17, 15) is 23.2 Å². The number of halogens is 2. The molecule has 0 saturated carbocycles. The van der Waals surface area contributed by atoms with E-state index < -0.39 is 35.8 Å². The molecule has 0 aliphatic carbocycles. The molecule has 0 unspecified atom stereocenters. The van der Waals surface area contributed by atoms with E-state index in [2.05, 4.69) is 5.32 Å². The number of ketones is 1. The van der Waals surface area contributed by atoms with Gasteiger partial charge in [0.25, 0.3) is 11.7 Å². The molecule has 0 bridgehead atoms. The lowest BCUT2D eigenvalue weighted by Crippen LogP contribution is -2.38. The predicted molar refractivity (Wildman–Crippen MR) is 57.1 cm³/mol. The SMILES string of the molecule is CNC(=O)CN1C(=O)C(=O)c2cc(F)c(F)cc21. The largest absolute Gasteiger partial charge is 0.358 e. The second kappa shape index (κ2) is 4.17. The number of hydrogen-bond donors (Lipinski definition) is 1. The first-order valence-electron chi connectivity index (χ1n) is 5.01. The summed E-state index contributed by atoms with van der Waals surface area (Å²) in [4.78, 5) is 35.1. The first kappa shape index (κ1) is 12.2. The topological polar surface area (TPSA) is 66.5 Å². The number of fused-ring (bicyclic) bond motifs is 1. The fraction of sp³-hybridized carbons (Fsp3) is 0.182. The van der Waals surface area contributed by atoms with Gasteiger partial charge in [0.15, 0.2) is 11.6 Å². The summed E-state index contributed by atoms with van der Waals surface area (Å²) in [5.41, 5.74) is -0.324. The normalized spacial score (nSPS) is 13.8. The third-order valence-electron chi connectivity index (χ3n) is 2.59. The van der Waals surface area contributed by atoms with E-state index in [0.29, 0.717) is 6.07 Å². The first-order valence-corrected chi connectivity index (χ1v) is 5.01. The van der Waals surface area contributed by atoms with Crippen molar-refractivity contribution in [3.63, 3.8) is 0 Å². The highest BCUT2D eigenvalue weighted by atomic mass is 19.2. The van der Waals surface area contributed by atoms with E-state index in [-0.39, 0.29) is 11.3 Å². The van der Waals surface area contributed by atoms with Crippen LogP contribution in [0.25, 0.3) is 0 Å². The van der Waals surface area contributed by atoms with E-state index in [0.717, 1.165) is 11.0 Å². The Hall–Kier alpha value is -2.31. The van der Waals surface area contributed by atoms with Crippen molar-refractivity contribution in [3.05, 3.63) is 29.3 Å². The maximum atomic E-state index is 13.1. The molecule has 18 heavy (non-hydrogen) atoms. The van der Waals surface area contributed by atoms with Crippen LogP contribution in [0, 0.1) is 11.6 Å². The van der Waals surface area contributed by atoms with Gasteiger partial charge in [-0.05, 0) is 6.07 Å². The highest BCUT2D eigenvalue weighted by Gasteiger charge is 2.37. The van der Waals surface area contributed by atoms with Crippen LogP contribution < -0.4 is 10.2 Å². The number of anilines is 1. The summed E-state index contributed by atoms with van der Waals surface area (Å²) >= 11 is 0. The minimum atomic E-state index is -1.21. The number of carbonyl (C=O) groups is 3. The van der Waals surface area contributed by atoms with Gasteiger partial charge in [0.05, 0.1) is 11.3 Å². The molecule has 0 aromatic heterocycles. The molecule has 0 spiro atoms. The summed E-state index contributed by atoms with van der Waals surface area (Å²) in [7, 11) is 1.36. The smallest absolute Gasteiger partial charge is 0.299 e. The molecule has 94 valence electrons. The summed E-state index contributed by atoms with van der Waals surface area (Å²) in [6, 6.07) is 1.39. The number of hydrogen-bond acceptors (Lipinski definition) is 3. The average Bonchev–Trinajstić information content (AvgIpc) is 2.56. The van der Waals surface area contributed by atoms with E-state index in [4.69, 9.17) is 0 Å². The van der Waals surface area contributed by atoms with Crippen LogP contribution in [0.4, 0.5) is 14.5 Å². The minimum Gasteiger partial charge on any atom is -0.358 e. The van der Waals surface area contributed by atoms with Crippen molar-refractivity contribution in [2.24, 2.45) is 0 Å². The van der Waals surface area contributed by atoms with Gasteiger partial charge in [-0.15, -0.1) is 0 Å². The fourth-order valence-electron chi connectivity index (χ4n) is 1.67. The van der Waals surface area contributed by atoms with Crippen LogP contribution in [0.2, 0.25) is 0 Å². The lowest BCUT2D eigenvalue weighted by atomic mass is 10.1. The quantitative estimate of drug-likeness (QED) is 0.769. The van der Waals surface area contributed by atoms with Crippen molar-refractivity contribution in [2.75, 3.05) is 18.5 Å². The van der Waals surface area contributed by atoms with E-state index in [1.807, 2.05) is 0 Å². The van der Waals surface area contributed by atoms with E-state index in [1.54, 1.807) is 0 Å². The lowest BCUT2D eigenvalue weighted by molar-refractivity contribution is -0.121. The van der Waals surface area contributed by atoms with Crippen LogP contribution in [0.1, 0.15) is 10.4 Å². The second-order valence-electron chi connectivity index (χ2n) is 3.68. The van der Waals surface area contributed by atoms with Crippen molar-refractivity contribution < 1.29 is 23.2 Å². The maximum absolute atomic E-state index is 13.1. The van der Waals surface area contributed by atoms with Gasteiger partial charge < -0.3 is 5.32 Å². The molecule has 1 aromatic carbocycles. The Labute approximate surface area is 100 Å². The van der Waals surface area contributed by atoms with Gasteiger partial charge in [0.2, 0.25) is 5.91 Å². The van der Waals surface area contributed by atoms with E-state index >= 15 is 0 Å². The van der Waals surface area contributed by atoms with Crippen molar-refractivity contribution in [2.45, 2.75) is 0 Å². The van der Waals surface area contributed by atoms with Crippen LogP contribution in [-0.2, 0) is 9.59 Å². The monoisotopic (exact) mass is 254 g/mol. The predicted octanol–water partition coefficient (Wildman–Crippen LogP) is 0.240. The number of carbonyl (C=O) groups excluding carboxylic acids is 3. The van der Waals surface area contributed by atoms with Crippen molar-refractivity contribution >= 4 is 23.3 Å². The molecule has 1 aliphatic rings. The average molecular weight is 254 g/mol. The summed E-state index contributed by atoms with van der Waals surface area (Å²) in [5.74, 6) is -4.84. The molecule has 1 aliphatic heterocycles. The lowest BCUT2D eigenvalue weighted by Gasteiger charge is -2.15. The molecule has 2 rings (SSSR count). The van der Waals surface area contributed by atoms with Gasteiger partial charge in [-0.1, -0.05) is 0 Å². The first-order chi connectivity index (χ1) is 8.45. The summed E-state index contributed by atoms with van der Waals surface area (Å²) in [6.07, 6.45) is 0. The molecule has 0 saturated heterocycles. The zero-order valence-electron chi connectivity index (χ0n) is 9.29. The van der Waals surface area contributed by atoms with Gasteiger partial charge in [-0.25, -0.2) is 8.78 Å². The second-order valence-corrected chi connectivity index (χ2v) is 3.68. The van der Waals surface area contributed by atoms with Crippen molar-refractivity contribution in [1.29, 1.82) is 0 Å². The molecule has 1 heterocycles. The standard InChI is InChI=1S/C11H8F2N2O3/c1-14-9(16)4-15-8-3-7(13)6(12)2-5(8)10(17)11(15)18/h2-3H,4H2,1H3,(H,14,16). The number of rotatable bonds is 2. The Balaban J connectivity index is 2.48. The molecule has 1 N–H and O–H groups in total. The van der Waals surface area contributed by atoms with Crippen LogP contribution in [0.3, 0.4) is 0 Å². The van der Waals surface area contributed by atoms with Crippen molar-refractivity contribution in [3.8, 4) is 0 Å². The van der Waals surface area contributed by atoms with Crippen LogP contribution in [-0.4, -0.2) is 31.2 Å². The Morgan fingerprint density at radius 1 is 1.28 bits per heavy atom. The Kier molecular flexibility index (Phi) is 2.82. The summed E-state index contributed by atoms with van der Waals surface area (Å²) in [6.45, 7) is -0.418. The molecular formula is C11H8F2N2O3. The zero-order valence-corrected chi connectivity index (χ0v) is 9.29. The van der Waals surface area contributed by atoms with Gasteiger partial charge in [0, 0.05) is 13.1 Å². The third kappa shape index (κ3) is 1.73. The zero-order chi connectivity index (χ0) is 13.4. The molecule has 0 radical (unpaired) electrons. The Morgan fingerprint density at radius 3 is 2.50 bits per heavy atom. The number of amides is 2. The molecule has 0 fully saturated rings. The maximum Gasteiger partial charge on any atom is 0.299 e. The summed E-state index contributed by atoms with van der Waals surface area (Å²) < 4.78 is 26.1. The summed E-state index contributed by atoms with van der Waals surface area (Å²) in [5, 5.41) is 2.27. The molecule has 5 nitrogen and oxygen atoms in total. The highest BCUT2D eigenvalue weighted by molar-refractivity contribution is 6.52. The number of Topliss-reactive ketones (excluding diaryl/α,β-unsaturated/α-hetero) is 1. The van der Waals surface area contributed by atoms with Gasteiger partial charge in [-0.3, -0.25) is 19.3 Å². The van der Waals surface area contributed by atoms with Gasteiger partial charge >= 0.3 is 0 Å². The van der Waals surface area contributed by atoms with Crippen LogP contribution in [0.5, 0.6) is 0 Å². The fourth-order valence-corrected chi connectivity index (χ4v) is 1.67. The third-order valence-corrected chi connectivity index (χ3v) is 2.59. The molecule has 2 amide bonds. The van der Waals surface area contributed by atoms with Gasteiger partial charge in [-0.2, -0.15) is 0 Å². The molecule has 0 atom stereocenters. The molecular weight excluding hydrogens is 246 g/mol. The minimum absolute atomic E-state index is 0.0903. The van der Waals surface area contributed by atoms with E-state index in [1.165, 1.54) is 7.05 Å². The number of benzene rings is 1. The molecule has 1 aromatic rings. The Morgan fingerprint density at radius 2 is 1.89 bits per heavy atom. The molecule has 7 heteroatoms. The number of nitrogens with one attached hydrogen (secondary N) is 1. The Bertz CT molecular complexity index is 572. The van der Waals surface area contributed by atoms with Crippen LogP contribution >= 0.6 is 0 Å². The number of nitrogens with zero attached hydrogens (tertiary/aromatic N) is 1.